The Balaban J connectivity index is 0.000000741. The smallest absolute Gasteiger partial charge is 0.327 e. The number of aromatic amines is 2. The van der Waals surface area contributed by atoms with Crippen LogP contribution in [0.2, 0.25) is 0 Å². The summed E-state index contributed by atoms with van der Waals surface area (Å²) in [5, 5.41) is 9.14. The number of hydrogen-bond acceptors (Lipinski definition) is 10. The molecular weight excluding hydrogens is 520 g/mol. The molecule has 1 aliphatic heterocycles. The Morgan fingerprint density at radius 3 is 2.44 bits per heavy atom. The number of aliphatic imine (C=N–C) groups is 1. The van der Waals surface area contributed by atoms with Gasteiger partial charge in [-0.2, -0.15) is 0 Å². The van der Waals surface area contributed by atoms with Crippen molar-refractivity contribution in [3.05, 3.63) is 56.8 Å². The van der Waals surface area contributed by atoms with Gasteiger partial charge in [0.25, 0.3) is 5.56 Å². The Labute approximate surface area is 219 Å². The van der Waals surface area contributed by atoms with Crippen LogP contribution >= 0.6 is 0 Å². The van der Waals surface area contributed by atoms with Crippen molar-refractivity contribution < 1.29 is 31.8 Å². The van der Waals surface area contributed by atoms with Crippen LogP contribution in [-0.2, 0) is 4.79 Å². The minimum absolute atomic E-state index is 0. The summed E-state index contributed by atoms with van der Waals surface area (Å²) in [5.41, 5.74) is 11.3. The van der Waals surface area contributed by atoms with Crippen LogP contribution in [0.3, 0.4) is 0 Å². The summed E-state index contributed by atoms with van der Waals surface area (Å²) >= 11 is 0. The van der Waals surface area contributed by atoms with Crippen LogP contribution < -0.4 is 27.3 Å². The molecule has 5 rings (SSSR count). The monoisotopic (exact) mass is 552 g/mol. The molecule has 0 spiro atoms. The molecule has 14 N–H and O–H groups in total. The average Bonchev–Trinajstić information content (AvgIpc) is 3.20. The second-order valence-electron chi connectivity index (χ2n) is 7.84. The molecule has 0 fully saturated rings. The standard InChI is InChI=1S/C14H14N4O4.C7H10N6.4H2O/c1-6-3-8-9(4-7(6)2)18(5-10(19)20)12-11(15-8)13(21)17-14(22)16-12;1-2-12-13-4-11-5-6(8)9-3-10-7(5)13;;;;/h3-4,9H,5H2,1-2H3,(H,19,20)(H2,16,17,21,22);3-4,12H,2H2,1H3,(H2,8,9,10);4*1H2. The van der Waals surface area contributed by atoms with Gasteiger partial charge in [0.05, 0.1) is 11.8 Å². The lowest BCUT2D eigenvalue weighted by Gasteiger charge is -2.36. The number of rotatable bonds is 4. The molecule has 0 radical (unpaired) electrons. The molecule has 4 heterocycles. The molecule has 3 aromatic rings. The van der Waals surface area contributed by atoms with Gasteiger partial charge in [-0.05, 0) is 38.0 Å². The molecular formula is C21H32N10O8. The van der Waals surface area contributed by atoms with E-state index in [0.29, 0.717) is 22.7 Å². The largest absolute Gasteiger partial charge is 0.480 e. The van der Waals surface area contributed by atoms with E-state index >= 15 is 0 Å². The second-order valence-corrected chi connectivity index (χ2v) is 7.84. The molecule has 214 valence electrons. The van der Waals surface area contributed by atoms with Crippen molar-refractivity contribution in [1.82, 2.24) is 29.6 Å². The fourth-order valence-corrected chi connectivity index (χ4v) is 3.73. The highest BCUT2D eigenvalue weighted by molar-refractivity contribution is 6.09. The van der Waals surface area contributed by atoms with Crippen molar-refractivity contribution in [3.8, 4) is 0 Å². The Hall–Kier alpha value is -4.91. The van der Waals surface area contributed by atoms with E-state index in [1.54, 1.807) is 11.0 Å². The molecule has 1 atom stereocenters. The Kier molecular flexibility index (Phi) is 11.9. The number of hydrogen-bond donors (Lipinski definition) is 5. The van der Waals surface area contributed by atoms with Crippen LogP contribution in [0.1, 0.15) is 20.8 Å². The minimum Gasteiger partial charge on any atom is -0.480 e. The van der Waals surface area contributed by atoms with E-state index in [2.05, 4.69) is 35.3 Å². The van der Waals surface area contributed by atoms with E-state index in [1.165, 1.54) is 11.2 Å². The van der Waals surface area contributed by atoms with Crippen molar-refractivity contribution >= 4 is 40.2 Å². The number of nitrogens with one attached hydrogen (secondary N) is 3. The molecule has 2 aliphatic rings. The zero-order valence-electron chi connectivity index (χ0n) is 21.2. The fourth-order valence-electron chi connectivity index (χ4n) is 3.73. The number of imidazole rings is 1. The molecule has 3 aromatic heterocycles. The number of nitrogens with two attached hydrogens (primary N) is 1. The molecule has 1 aliphatic carbocycles. The number of carboxylic acids is 1. The number of carbonyl (C=O) groups is 1. The van der Waals surface area contributed by atoms with Gasteiger partial charge in [-0.25, -0.2) is 29.4 Å². The van der Waals surface area contributed by atoms with Crippen LogP contribution in [0.25, 0.3) is 11.2 Å². The second kappa shape index (κ2) is 13.6. The third-order valence-electron chi connectivity index (χ3n) is 5.46. The van der Waals surface area contributed by atoms with Gasteiger partial charge in [0, 0.05) is 6.54 Å². The van der Waals surface area contributed by atoms with Gasteiger partial charge in [-0.3, -0.25) is 19.6 Å². The zero-order chi connectivity index (χ0) is 25.3. The third kappa shape index (κ3) is 6.70. The lowest BCUT2D eigenvalue weighted by molar-refractivity contribution is -0.135. The van der Waals surface area contributed by atoms with Crippen molar-refractivity contribution in [2.75, 3.05) is 29.1 Å². The number of allylic oxidation sites excluding steroid dienone is 2. The summed E-state index contributed by atoms with van der Waals surface area (Å²) in [6.07, 6.45) is 6.76. The fraction of sp³-hybridized carbons (Fsp3) is 0.286. The van der Waals surface area contributed by atoms with Gasteiger partial charge in [0.15, 0.2) is 22.7 Å². The van der Waals surface area contributed by atoms with E-state index in [9.17, 15) is 14.4 Å². The first-order valence-corrected chi connectivity index (χ1v) is 10.7. The summed E-state index contributed by atoms with van der Waals surface area (Å²) in [4.78, 5) is 57.0. The van der Waals surface area contributed by atoms with Crippen LogP contribution in [0.4, 0.5) is 17.3 Å². The van der Waals surface area contributed by atoms with Crippen LogP contribution in [0.5, 0.6) is 0 Å². The van der Waals surface area contributed by atoms with Crippen molar-refractivity contribution in [3.63, 3.8) is 0 Å². The summed E-state index contributed by atoms with van der Waals surface area (Å²) in [6.45, 7) is 6.27. The lowest BCUT2D eigenvalue weighted by Crippen LogP contribution is -2.47. The highest BCUT2D eigenvalue weighted by atomic mass is 16.4. The maximum atomic E-state index is 11.9. The van der Waals surface area contributed by atoms with Crippen molar-refractivity contribution in [1.29, 1.82) is 0 Å². The number of nitrogens with zero attached hydrogens (tertiary/aromatic N) is 6. The SMILES string of the molecule is CC1=CC2=Nc3c([nH]c(=O)[nH]c3=O)N(CC(=O)O)C2C=C1C.CCNn1cnc2c(N)ncnc21.O.O.O.O. The molecule has 0 saturated heterocycles. The first kappa shape index (κ1) is 34.1. The van der Waals surface area contributed by atoms with E-state index in [4.69, 9.17) is 10.8 Å². The number of aliphatic carboxylic acids is 1. The number of carboxylic acid groups (broad SMARTS) is 1. The van der Waals surface area contributed by atoms with E-state index < -0.39 is 23.3 Å². The molecule has 39 heavy (non-hydrogen) atoms. The predicted molar refractivity (Wildman–Crippen MR) is 145 cm³/mol. The van der Waals surface area contributed by atoms with Gasteiger partial charge in [-0.15, -0.1) is 0 Å². The molecule has 0 amide bonds. The summed E-state index contributed by atoms with van der Waals surface area (Å²) in [7, 11) is 0. The first-order valence-electron chi connectivity index (χ1n) is 10.7. The number of aromatic nitrogens is 6. The number of H-pyrrole nitrogens is 2. The Bertz CT molecular complexity index is 1520. The molecule has 18 nitrogen and oxygen atoms in total. The predicted octanol–water partition coefficient (Wildman–Crippen LogP) is -3.01. The van der Waals surface area contributed by atoms with Gasteiger partial charge in [0.1, 0.15) is 25.0 Å². The van der Waals surface area contributed by atoms with E-state index in [-0.39, 0.29) is 40.0 Å². The van der Waals surface area contributed by atoms with E-state index in [1.807, 2.05) is 32.9 Å². The summed E-state index contributed by atoms with van der Waals surface area (Å²) in [5.74, 6) is -0.533. The third-order valence-corrected chi connectivity index (χ3v) is 5.46. The lowest BCUT2D eigenvalue weighted by atomic mass is 9.93. The van der Waals surface area contributed by atoms with Crippen LogP contribution in [-0.4, -0.2) is 87.4 Å². The van der Waals surface area contributed by atoms with Crippen molar-refractivity contribution in [2.24, 2.45) is 4.99 Å². The highest BCUT2D eigenvalue weighted by Crippen LogP contribution is 2.32. The highest BCUT2D eigenvalue weighted by Gasteiger charge is 2.33. The van der Waals surface area contributed by atoms with Crippen LogP contribution in [0, 0.1) is 0 Å². The molecule has 18 heteroatoms. The minimum atomic E-state index is -1.06. The maximum absolute atomic E-state index is 11.9. The average molecular weight is 553 g/mol. The van der Waals surface area contributed by atoms with Gasteiger partial charge < -0.3 is 43.1 Å². The first-order chi connectivity index (χ1) is 16.7. The van der Waals surface area contributed by atoms with Gasteiger partial charge in [0.2, 0.25) is 0 Å². The zero-order valence-corrected chi connectivity index (χ0v) is 21.2. The quantitative estimate of drug-likeness (QED) is 0.218. The molecule has 1 unspecified atom stereocenters. The Morgan fingerprint density at radius 2 is 1.79 bits per heavy atom. The van der Waals surface area contributed by atoms with Crippen molar-refractivity contribution in [2.45, 2.75) is 26.8 Å². The van der Waals surface area contributed by atoms with E-state index in [0.717, 1.165) is 17.7 Å². The van der Waals surface area contributed by atoms with Gasteiger partial charge in [-0.1, -0.05) is 6.08 Å². The van der Waals surface area contributed by atoms with Gasteiger partial charge >= 0.3 is 11.7 Å². The number of anilines is 2. The topological polar surface area (TPSA) is 326 Å². The summed E-state index contributed by atoms with van der Waals surface area (Å²) in [6, 6.07) is -0.426. The van der Waals surface area contributed by atoms with Crippen LogP contribution in [0.15, 0.2) is 50.5 Å². The number of nitrogen functional groups attached to an aromatic ring is 1. The summed E-state index contributed by atoms with van der Waals surface area (Å²) < 4.78 is 1.73. The maximum Gasteiger partial charge on any atom is 0.327 e. The molecule has 0 bridgehead atoms. The molecule has 0 saturated carbocycles. The Morgan fingerprint density at radius 1 is 1.10 bits per heavy atom. The number of fused-ring (bicyclic) bond motifs is 3. The molecule has 0 aromatic carbocycles. The normalized spacial score (nSPS) is 14.6.